The summed E-state index contributed by atoms with van der Waals surface area (Å²) in [7, 11) is 0. The number of nitrogens with one attached hydrogen (secondary N) is 1. The Morgan fingerprint density at radius 1 is 1.14 bits per heavy atom. The second-order valence-corrected chi connectivity index (χ2v) is 5.75. The highest BCUT2D eigenvalue weighted by molar-refractivity contribution is 5.76. The van der Waals surface area contributed by atoms with E-state index in [0.717, 1.165) is 37.8 Å². The van der Waals surface area contributed by atoms with Gasteiger partial charge in [0.25, 0.3) is 0 Å². The van der Waals surface area contributed by atoms with Crippen molar-refractivity contribution in [1.82, 2.24) is 5.32 Å². The van der Waals surface area contributed by atoms with Gasteiger partial charge in [-0.3, -0.25) is 4.79 Å². The minimum Gasteiger partial charge on any atom is -0.347 e. The first-order valence-electron chi connectivity index (χ1n) is 7.33. The summed E-state index contributed by atoms with van der Waals surface area (Å²) in [5.74, 6) is -1.88. The van der Waals surface area contributed by atoms with E-state index in [4.69, 9.17) is 5.73 Å². The Labute approximate surface area is 124 Å². The highest BCUT2D eigenvalue weighted by Crippen LogP contribution is 2.22. The van der Waals surface area contributed by atoms with Crippen molar-refractivity contribution in [2.24, 2.45) is 5.73 Å². The molecule has 0 heterocycles. The molecule has 0 aromatic heterocycles. The average molecular weight is 298 g/mol. The largest absolute Gasteiger partial charge is 0.347 e. The molecule has 0 aliphatic carbocycles. The number of rotatable bonds is 8. The quantitative estimate of drug-likeness (QED) is 0.724. The number of hydrogen-bond acceptors (Lipinski definition) is 2. The highest BCUT2D eigenvalue weighted by Gasteiger charge is 2.23. The summed E-state index contributed by atoms with van der Waals surface area (Å²) in [6.45, 7) is 4.22. The minimum atomic E-state index is -0.906. The predicted molar refractivity (Wildman–Crippen MR) is 79.7 cm³/mol. The minimum absolute atomic E-state index is 0.0857. The molecule has 0 saturated carbocycles. The van der Waals surface area contributed by atoms with Gasteiger partial charge in [0.05, 0.1) is 5.54 Å². The number of nitrogens with two attached hydrogens (primary N) is 1. The van der Waals surface area contributed by atoms with E-state index in [2.05, 4.69) is 5.32 Å². The first-order valence-corrected chi connectivity index (χ1v) is 7.33. The molecular weight excluding hydrogens is 274 g/mol. The molecule has 1 aromatic carbocycles. The van der Waals surface area contributed by atoms with E-state index >= 15 is 0 Å². The molecule has 5 heteroatoms. The zero-order valence-electron chi connectivity index (χ0n) is 12.7. The number of amides is 1. The predicted octanol–water partition coefficient (Wildman–Crippen LogP) is 3.23. The van der Waals surface area contributed by atoms with Crippen molar-refractivity contribution >= 4 is 5.91 Å². The van der Waals surface area contributed by atoms with Crippen LogP contribution < -0.4 is 11.1 Å². The van der Waals surface area contributed by atoms with Crippen LogP contribution in [0.25, 0.3) is 0 Å². The van der Waals surface area contributed by atoms with Crippen LogP contribution in [-0.4, -0.2) is 12.5 Å². The van der Waals surface area contributed by atoms with Crippen LogP contribution in [0.5, 0.6) is 0 Å². The SMILES string of the molecule is CC(C)(NC(=O)CCCCCCN)c1ccc(F)c(F)c1. The van der Waals surface area contributed by atoms with Gasteiger partial charge >= 0.3 is 0 Å². The Morgan fingerprint density at radius 2 is 1.81 bits per heavy atom. The number of carbonyl (C=O) groups excluding carboxylic acids is 1. The summed E-state index contributed by atoms with van der Waals surface area (Å²) in [6, 6.07) is 3.68. The van der Waals surface area contributed by atoms with Crippen LogP contribution in [0.2, 0.25) is 0 Å². The average Bonchev–Trinajstić information content (AvgIpc) is 2.41. The Balaban J connectivity index is 2.51. The lowest BCUT2D eigenvalue weighted by Gasteiger charge is -2.27. The van der Waals surface area contributed by atoms with Gasteiger partial charge < -0.3 is 11.1 Å². The van der Waals surface area contributed by atoms with Crippen LogP contribution in [0.3, 0.4) is 0 Å². The third-order valence-corrected chi connectivity index (χ3v) is 3.45. The van der Waals surface area contributed by atoms with Gasteiger partial charge in [-0.05, 0) is 50.9 Å². The maximum Gasteiger partial charge on any atom is 0.220 e. The Hall–Kier alpha value is -1.49. The molecule has 0 atom stereocenters. The summed E-state index contributed by atoms with van der Waals surface area (Å²) in [5, 5.41) is 2.86. The van der Waals surface area contributed by atoms with Crippen LogP contribution in [0, 0.1) is 11.6 Å². The van der Waals surface area contributed by atoms with Crippen LogP contribution in [0.15, 0.2) is 18.2 Å². The number of halogens is 2. The summed E-state index contributed by atoms with van der Waals surface area (Å²) in [6.07, 6.45) is 4.20. The van der Waals surface area contributed by atoms with Crippen molar-refractivity contribution in [2.45, 2.75) is 51.5 Å². The van der Waals surface area contributed by atoms with E-state index < -0.39 is 17.2 Å². The maximum absolute atomic E-state index is 13.3. The van der Waals surface area contributed by atoms with Gasteiger partial charge in [0, 0.05) is 6.42 Å². The van der Waals surface area contributed by atoms with Crippen molar-refractivity contribution in [2.75, 3.05) is 6.54 Å². The normalized spacial score (nSPS) is 11.5. The lowest BCUT2D eigenvalue weighted by Crippen LogP contribution is -2.41. The van der Waals surface area contributed by atoms with Crippen LogP contribution in [0.4, 0.5) is 8.78 Å². The smallest absolute Gasteiger partial charge is 0.220 e. The van der Waals surface area contributed by atoms with Crippen LogP contribution in [-0.2, 0) is 10.3 Å². The summed E-state index contributed by atoms with van der Waals surface area (Å²) < 4.78 is 26.2. The molecule has 1 rings (SSSR count). The molecule has 0 bridgehead atoms. The van der Waals surface area contributed by atoms with Gasteiger partial charge in [0.15, 0.2) is 11.6 Å². The van der Waals surface area contributed by atoms with Gasteiger partial charge in [0.2, 0.25) is 5.91 Å². The molecule has 3 N–H and O–H groups in total. The molecule has 1 aromatic rings. The van der Waals surface area contributed by atoms with Crippen LogP contribution in [0.1, 0.15) is 51.5 Å². The maximum atomic E-state index is 13.3. The second kappa shape index (κ2) is 8.08. The number of unbranched alkanes of at least 4 members (excludes halogenated alkanes) is 3. The number of hydrogen-bond donors (Lipinski definition) is 2. The Morgan fingerprint density at radius 3 is 2.43 bits per heavy atom. The number of benzene rings is 1. The van der Waals surface area contributed by atoms with E-state index in [-0.39, 0.29) is 5.91 Å². The van der Waals surface area contributed by atoms with E-state index in [9.17, 15) is 13.6 Å². The van der Waals surface area contributed by atoms with Crippen LogP contribution >= 0.6 is 0 Å². The zero-order chi connectivity index (χ0) is 15.9. The number of carbonyl (C=O) groups is 1. The van der Waals surface area contributed by atoms with E-state index in [1.807, 2.05) is 0 Å². The van der Waals surface area contributed by atoms with Crippen molar-refractivity contribution in [1.29, 1.82) is 0 Å². The lowest BCUT2D eigenvalue weighted by atomic mass is 9.93. The second-order valence-electron chi connectivity index (χ2n) is 5.75. The standard InChI is InChI=1S/C16H24F2N2O/c1-16(2,12-8-9-13(17)14(18)11-12)20-15(21)7-5-3-4-6-10-19/h8-9,11H,3-7,10,19H2,1-2H3,(H,20,21). The zero-order valence-corrected chi connectivity index (χ0v) is 12.7. The molecule has 118 valence electrons. The first kappa shape index (κ1) is 17.6. The third-order valence-electron chi connectivity index (χ3n) is 3.45. The molecule has 1 amide bonds. The molecule has 0 aliphatic heterocycles. The van der Waals surface area contributed by atoms with Gasteiger partial charge in [-0.25, -0.2) is 8.78 Å². The van der Waals surface area contributed by atoms with Gasteiger partial charge in [-0.15, -0.1) is 0 Å². The van der Waals surface area contributed by atoms with Crippen molar-refractivity contribution in [3.8, 4) is 0 Å². The molecule has 0 radical (unpaired) electrons. The van der Waals surface area contributed by atoms with Crippen molar-refractivity contribution in [3.63, 3.8) is 0 Å². The highest BCUT2D eigenvalue weighted by atomic mass is 19.2. The topological polar surface area (TPSA) is 55.1 Å². The van der Waals surface area contributed by atoms with E-state index in [1.165, 1.54) is 6.07 Å². The van der Waals surface area contributed by atoms with Gasteiger partial charge in [-0.2, -0.15) is 0 Å². The fraction of sp³-hybridized carbons (Fsp3) is 0.562. The molecule has 21 heavy (non-hydrogen) atoms. The Bertz CT molecular complexity index is 475. The molecule has 0 fully saturated rings. The Kier molecular flexibility index (Phi) is 6.75. The van der Waals surface area contributed by atoms with Gasteiger partial charge in [0.1, 0.15) is 0 Å². The summed E-state index contributed by atoms with van der Waals surface area (Å²) in [4.78, 5) is 11.9. The first-order chi connectivity index (χ1) is 9.86. The molecule has 0 spiro atoms. The molecule has 0 aliphatic rings. The lowest BCUT2D eigenvalue weighted by molar-refractivity contribution is -0.122. The fourth-order valence-corrected chi connectivity index (χ4v) is 2.15. The van der Waals surface area contributed by atoms with E-state index in [1.54, 1.807) is 13.8 Å². The van der Waals surface area contributed by atoms with Crippen molar-refractivity contribution in [3.05, 3.63) is 35.4 Å². The molecule has 3 nitrogen and oxygen atoms in total. The summed E-state index contributed by atoms with van der Waals surface area (Å²) >= 11 is 0. The van der Waals surface area contributed by atoms with Gasteiger partial charge in [-0.1, -0.05) is 18.9 Å². The molecular formula is C16H24F2N2O. The molecule has 0 unspecified atom stereocenters. The molecule has 0 saturated heterocycles. The third kappa shape index (κ3) is 5.79. The summed E-state index contributed by atoms with van der Waals surface area (Å²) in [5.41, 5.74) is 5.21. The van der Waals surface area contributed by atoms with Crippen molar-refractivity contribution < 1.29 is 13.6 Å². The van der Waals surface area contributed by atoms with E-state index in [0.29, 0.717) is 18.5 Å². The fourth-order valence-electron chi connectivity index (χ4n) is 2.15. The monoisotopic (exact) mass is 298 g/mol.